The maximum Gasteiger partial charge on any atom is 0.226 e. The Morgan fingerprint density at radius 1 is 0.733 bits per heavy atom. The van der Waals surface area contributed by atoms with Crippen molar-refractivity contribution < 1.29 is 18.6 Å². The van der Waals surface area contributed by atoms with Crippen molar-refractivity contribution in [3.05, 3.63) is 0 Å². The Labute approximate surface area is 95.2 Å². The van der Waals surface area contributed by atoms with Crippen LogP contribution < -0.4 is 0 Å². The standard InChI is InChI=1S/C10H22O4Si/c1-3-4-11-5-6-12-7-8-13-9-10-14-15-2/h3-10H2,1-2H3. The summed E-state index contributed by atoms with van der Waals surface area (Å²) in [6.07, 6.45) is 1.06. The van der Waals surface area contributed by atoms with Crippen LogP contribution in [0.4, 0.5) is 0 Å². The molecule has 0 rings (SSSR count). The molecule has 0 saturated heterocycles. The molecule has 0 aliphatic heterocycles. The van der Waals surface area contributed by atoms with Crippen molar-refractivity contribution in [3.63, 3.8) is 0 Å². The van der Waals surface area contributed by atoms with E-state index in [0.29, 0.717) is 49.4 Å². The van der Waals surface area contributed by atoms with Crippen LogP contribution in [-0.4, -0.2) is 56.0 Å². The highest BCUT2D eigenvalue weighted by molar-refractivity contribution is 6.24. The molecule has 0 heterocycles. The van der Waals surface area contributed by atoms with Gasteiger partial charge in [0.05, 0.1) is 39.6 Å². The zero-order valence-corrected chi connectivity index (χ0v) is 10.8. The summed E-state index contributed by atoms with van der Waals surface area (Å²) in [5.41, 5.74) is 0. The molecule has 0 aliphatic rings. The van der Waals surface area contributed by atoms with Gasteiger partial charge in [0.2, 0.25) is 9.76 Å². The zero-order valence-electron chi connectivity index (χ0n) is 9.79. The summed E-state index contributed by atoms with van der Waals surface area (Å²) in [4.78, 5) is 0. The maximum atomic E-state index is 5.30. The van der Waals surface area contributed by atoms with Crippen molar-refractivity contribution in [1.29, 1.82) is 0 Å². The Balaban J connectivity index is 2.81. The summed E-state index contributed by atoms with van der Waals surface area (Å²) in [7, 11) is 0.542. The molecule has 0 bridgehead atoms. The predicted molar refractivity (Wildman–Crippen MR) is 60.3 cm³/mol. The van der Waals surface area contributed by atoms with Gasteiger partial charge in [0.15, 0.2) is 0 Å². The molecule has 0 spiro atoms. The van der Waals surface area contributed by atoms with Gasteiger partial charge in [-0.2, -0.15) is 0 Å². The molecule has 4 nitrogen and oxygen atoms in total. The second-order valence-electron chi connectivity index (χ2n) is 2.89. The molecule has 0 fully saturated rings. The molecule has 0 N–H and O–H groups in total. The van der Waals surface area contributed by atoms with E-state index in [1.807, 2.05) is 6.55 Å². The van der Waals surface area contributed by atoms with E-state index in [0.717, 1.165) is 13.0 Å². The van der Waals surface area contributed by atoms with Gasteiger partial charge >= 0.3 is 0 Å². The number of ether oxygens (including phenoxy) is 3. The van der Waals surface area contributed by atoms with Crippen molar-refractivity contribution in [3.8, 4) is 0 Å². The van der Waals surface area contributed by atoms with Crippen LogP contribution in [0.5, 0.6) is 0 Å². The van der Waals surface area contributed by atoms with Gasteiger partial charge in [0.1, 0.15) is 0 Å². The lowest BCUT2D eigenvalue weighted by Crippen LogP contribution is -2.12. The van der Waals surface area contributed by atoms with Gasteiger partial charge in [0, 0.05) is 6.61 Å². The van der Waals surface area contributed by atoms with Crippen molar-refractivity contribution >= 4 is 9.76 Å². The Hall–Kier alpha value is 0.0569. The molecule has 0 aromatic heterocycles. The highest BCUT2D eigenvalue weighted by atomic mass is 28.2. The van der Waals surface area contributed by atoms with E-state index in [9.17, 15) is 0 Å². The average Bonchev–Trinajstić information content (AvgIpc) is 2.26. The second kappa shape index (κ2) is 14.1. The highest BCUT2D eigenvalue weighted by Gasteiger charge is 1.91. The van der Waals surface area contributed by atoms with Crippen LogP contribution in [0.15, 0.2) is 0 Å². The normalized spacial score (nSPS) is 10.8. The van der Waals surface area contributed by atoms with Gasteiger partial charge in [-0.1, -0.05) is 6.92 Å². The Kier molecular flexibility index (Phi) is 14.1. The molecule has 2 radical (unpaired) electrons. The molecular formula is C10H22O4Si. The summed E-state index contributed by atoms with van der Waals surface area (Å²) in [6, 6.07) is 0. The van der Waals surface area contributed by atoms with E-state index in [1.54, 1.807) is 0 Å². The van der Waals surface area contributed by atoms with Crippen LogP contribution in [0.3, 0.4) is 0 Å². The van der Waals surface area contributed by atoms with Gasteiger partial charge in [-0.3, -0.25) is 0 Å². The van der Waals surface area contributed by atoms with Crippen molar-refractivity contribution in [2.45, 2.75) is 19.9 Å². The summed E-state index contributed by atoms with van der Waals surface area (Å²) in [6.45, 7) is 8.81. The lowest BCUT2D eigenvalue weighted by molar-refractivity contribution is 0.00964. The van der Waals surface area contributed by atoms with Crippen LogP contribution >= 0.6 is 0 Å². The first-order valence-corrected chi connectivity index (χ1v) is 6.84. The molecule has 5 heteroatoms. The van der Waals surface area contributed by atoms with E-state index in [4.69, 9.17) is 18.6 Å². The van der Waals surface area contributed by atoms with E-state index in [1.165, 1.54) is 0 Å². The first-order valence-electron chi connectivity index (χ1n) is 5.43. The summed E-state index contributed by atoms with van der Waals surface area (Å²) in [5.74, 6) is 0. The van der Waals surface area contributed by atoms with E-state index in [-0.39, 0.29) is 0 Å². The smallest absolute Gasteiger partial charge is 0.226 e. The summed E-state index contributed by atoms with van der Waals surface area (Å²) < 4.78 is 21.0. The molecule has 0 aliphatic carbocycles. The van der Waals surface area contributed by atoms with E-state index in [2.05, 4.69) is 6.92 Å². The highest BCUT2D eigenvalue weighted by Crippen LogP contribution is 1.83. The molecule has 0 amide bonds. The topological polar surface area (TPSA) is 36.9 Å². The minimum Gasteiger partial charge on any atom is -0.415 e. The van der Waals surface area contributed by atoms with Crippen molar-refractivity contribution in [2.24, 2.45) is 0 Å². The van der Waals surface area contributed by atoms with E-state index >= 15 is 0 Å². The van der Waals surface area contributed by atoms with Crippen molar-refractivity contribution in [2.75, 3.05) is 46.2 Å². The maximum absolute atomic E-state index is 5.30. The summed E-state index contributed by atoms with van der Waals surface area (Å²) in [5, 5.41) is 0. The largest absolute Gasteiger partial charge is 0.415 e. The minimum atomic E-state index is 0.542. The lowest BCUT2D eigenvalue weighted by Gasteiger charge is -2.06. The number of hydrogen-bond acceptors (Lipinski definition) is 4. The SMILES string of the molecule is CCCOCCOCCOCCO[Si]C. The molecule has 0 saturated carbocycles. The number of rotatable bonds is 12. The zero-order chi connectivity index (χ0) is 11.2. The van der Waals surface area contributed by atoms with Gasteiger partial charge in [-0.05, 0) is 13.0 Å². The third-order valence-electron chi connectivity index (χ3n) is 1.57. The first kappa shape index (κ1) is 15.1. The fourth-order valence-corrected chi connectivity index (χ4v) is 1.18. The molecule has 0 aromatic carbocycles. The van der Waals surface area contributed by atoms with Gasteiger partial charge in [-0.15, -0.1) is 0 Å². The monoisotopic (exact) mass is 234 g/mol. The Bertz CT molecular complexity index is 102. The molecule has 90 valence electrons. The van der Waals surface area contributed by atoms with Crippen LogP contribution in [0.25, 0.3) is 0 Å². The van der Waals surface area contributed by atoms with Gasteiger partial charge in [0.25, 0.3) is 0 Å². The van der Waals surface area contributed by atoms with Crippen LogP contribution in [0, 0.1) is 0 Å². The Morgan fingerprint density at radius 2 is 1.20 bits per heavy atom. The third kappa shape index (κ3) is 14.1. The molecular weight excluding hydrogens is 212 g/mol. The van der Waals surface area contributed by atoms with Gasteiger partial charge in [-0.25, -0.2) is 0 Å². The van der Waals surface area contributed by atoms with E-state index < -0.39 is 0 Å². The average molecular weight is 234 g/mol. The van der Waals surface area contributed by atoms with Crippen LogP contribution in [0.2, 0.25) is 6.55 Å². The predicted octanol–water partition coefficient (Wildman–Crippen LogP) is 1.13. The fourth-order valence-electron chi connectivity index (χ4n) is 0.889. The molecule has 0 aromatic rings. The molecule has 15 heavy (non-hydrogen) atoms. The van der Waals surface area contributed by atoms with Crippen molar-refractivity contribution in [1.82, 2.24) is 0 Å². The quantitative estimate of drug-likeness (QED) is 0.375. The fraction of sp³-hybridized carbons (Fsp3) is 1.00. The molecule has 0 atom stereocenters. The minimum absolute atomic E-state index is 0.542. The lowest BCUT2D eigenvalue weighted by atomic mass is 10.5. The molecule has 0 unspecified atom stereocenters. The first-order chi connectivity index (χ1) is 7.41. The summed E-state index contributed by atoms with van der Waals surface area (Å²) >= 11 is 0. The second-order valence-corrected chi connectivity index (χ2v) is 3.59. The van der Waals surface area contributed by atoms with Crippen LogP contribution in [0.1, 0.15) is 13.3 Å². The van der Waals surface area contributed by atoms with Crippen LogP contribution in [-0.2, 0) is 18.6 Å². The Morgan fingerprint density at radius 3 is 1.67 bits per heavy atom. The third-order valence-corrected chi connectivity index (χ3v) is 2.06. The van der Waals surface area contributed by atoms with Gasteiger partial charge < -0.3 is 18.6 Å². The number of hydrogen-bond donors (Lipinski definition) is 0.